The highest BCUT2D eigenvalue weighted by molar-refractivity contribution is 5.85. The van der Waals surface area contributed by atoms with Gasteiger partial charge in [-0.3, -0.25) is 4.79 Å². The van der Waals surface area contributed by atoms with E-state index in [1.165, 1.54) is 0 Å². The number of para-hydroxylation sites is 1. The Bertz CT molecular complexity index is 414. The van der Waals surface area contributed by atoms with Crippen molar-refractivity contribution in [1.82, 2.24) is 4.90 Å². The van der Waals surface area contributed by atoms with Crippen molar-refractivity contribution >= 4 is 24.0 Å². The van der Waals surface area contributed by atoms with Crippen LogP contribution in [0.5, 0.6) is 0 Å². The van der Waals surface area contributed by atoms with Crippen molar-refractivity contribution < 1.29 is 4.79 Å². The topological polar surface area (TPSA) is 46.3 Å². The first-order chi connectivity index (χ1) is 8.66. The summed E-state index contributed by atoms with van der Waals surface area (Å²) in [5, 5.41) is 0. The first kappa shape index (κ1) is 15.8. The van der Waals surface area contributed by atoms with Crippen LogP contribution in [-0.4, -0.2) is 23.9 Å². The quantitative estimate of drug-likeness (QED) is 0.867. The van der Waals surface area contributed by atoms with Gasteiger partial charge in [-0.05, 0) is 36.8 Å². The fourth-order valence-corrected chi connectivity index (χ4v) is 2.42. The summed E-state index contributed by atoms with van der Waals surface area (Å²) >= 11 is 0. The number of rotatable bonds is 3. The fourth-order valence-electron chi connectivity index (χ4n) is 2.42. The number of piperidine rings is 1. The minimum atomic E-state index is 0. The molecule has 0 atom stereocenters. The Morgan fingerprint density at radius 3 is 2.58 bits per heavy atom. The van der Waals surface area contributed by atoms with Crippen LogP contribution in [0.2, 0.25) is 0 Å². The first-order valence-corrected chi connectivity index (χ1v) is 6.78. The van der Waals surface area contributed by atoms with Crippen LogP contribution < -0.4 is 5.73 Å². The lowest BCUT2D eigenvalue weighted by Gasteiger charge is -2.30. The standard InChI is InChI=1S/C15H22N2O.ClH/c1-12-8-10-17(11-9-12)15(18)7-6-13-4-2-3-5-14(13)16;/h2-5,12H,6-11,16H2,1H3;1H. The Morgan fingerprint density at radius 1 is 1.32 bits per heavy atom. The fraction of sp³-hybridized carbons (Fsp3) is 0.533. The molecule has 1 fully saturated rings. The summed E-state index contributed by atoms with van der Waals surface area (Å²) in [6, 6.07) is 7.79. The van der Waals surface area contributed by atoms with Crippen molar-refractivity contribution in [3.8, 4) is 0 Å². The normalized spacial score (nSPS) is 15.9. The number of benzene rings is 1. The number of carbonyl (C=O) groups is 1. The second-order valence-corrected chi connectivity index (χ2v) is 5.26. The Morgan fingerprint density at radius 2 is 1.95 bits per heavy atom. The molecule has 0 spiro atoms. The third kappa shape index (κ3) is 4.43. The molecule has 1 saturated heterocycles. The third-order valence-electron chi connectivity index (χ3n) is 3.80. The largest absolute Gasteiger partial charge is 0.399 e. The zero-order chi connectivity index (χ0) is 13.0. The van der Waals surface area contributed by atoms with Gasteiger partial charge in [0, 0.05) is 25.2 Å². The van der Waals surface area contributed by atoms with Crippen LogP contribution in [0, 0.1) is 5.92 Å². The molecule has 2 rings (SSSR count). The molecule has 0 aromatic heterocycles. The predicted molar refractivity (Wildman–Crippen MR) is 81.4 cm³/mol. The van der Waals surface area contributed by atoms with Gasteiger partial charge < -0.3 is 10.6 Å². The van der Waals surface area contributed by atoms with E-state index >= 15 is 0 Å². The maximum atomic E-state index is 12.1. The molecule has 0 radical (unpaired) electrons. The molecule has 19 heavy (non-hydrogen) atoms. The third-order valence-corrected chi connectivity index (χ3v) is 3.80. The maximum absolute atomic E-state index is 12.1. The first-order valence-electron chi connectivity index (χ1n) is 6.78. The molecule has 1 aliphatic rings. The Labute approximate surface area is 121 Å². The van der Waals surface area contributed by atoms with E-state index < -0.39 is 0 Å². The van der Waals surface area contributed by atoms with Crippen LogP contribution in [0.3, 0.4) is 0 Å². The van der Waals surface area contributed by atoms with Crippen LogP contribution in [0.1, 0.15) is 31.7 Å². The lowest BCUT2D eigenvalue weighted by molar-refractivity contribution is -0.132. The number of hydrogen-bond donors (Lipinski definition) is 1. The summed E-state index contributed by atoms with van der Waals surface area (Å²) in [7, 11) is 0. The summed E-state index contributed by atoms with van der Waals surface area (Å²) in [5.74, 6) is 1.03. The highest BCUT2D eigenvalue weighted by Crippen LogP contribution is 2.18. The van der Waals surface area contributed by atoms with E-state index in [1.54, 1.807) is 0 Å². The van der Waals surface area contributed by atoms with E-state index in [1.807, 2.05) is 29.2 Å². The molecule has 2 N–H and O–H groups in total. The molecule has 106 valence electrons. The molecule has 0 unspecified atom stereocenters. The van der Waals surface area contributed by atoms with Crippen LogP contribution in [0.25, 0.3) is 0 Å². The molecule has 0 aliphatic carbocycles. The average Bonchev–Trinajstić information content (AvgIpc) is 2.38. The number of likely N-dealkylation sites (tertiary alicyclic amines) is 1. The molecule has 4 heteroatoms. The highest BCUT2D eigenvalue weighted by atomic mass is 35.5. The van der Waals surface area contributed by atoms with Gasteiger partial charge in [0.05, 0.1) is 0 Å². The van der Waals surface area contributed by atoms with Crippen molar-refractivity contribution in [2.45, 2.75) is 32.6 Å². The van der Waals surface area contributed by atoms with E-state index in [2.05, 4.69) is 6.92 Å². The predicted octanol–water partition coefficient (Wildman–Crippen LogP) is 2.88. The lowest BCUT2D eigenvalue weighted by Crippen LogP contribution is -2.38. The number of nitrogen functional groups attached to an aromatic ring is 1. The Kier molecular flexibility index (Phi) is 6.16. The molecule has 3 nitrogen and oxygen atoms in total. The van der Waals surface area contributed by atoms with Crippen molar-refractivity contribution in [3.05, 3.63) is 29.8 Å². The summed E-state index contributed by atoms with van der Waals surface area (Å²) in [4.78, 5) is 14.1. The second kappa shape index (κ2) is 7.39. The molecule has 1 aliphatic heterocycles. The number of amides is 1. The number of anilines is 1. The van der Waals surface area contributed by atoms with Gasteiger partial charge in [-0.1, -0.05) is 25.1 Å². The van der Waals surface area contributed by atoms with E-state index in [9.17, 15) is 4.79 Å². The van der Waals surface area contributed by atoms with E-state index in [0.29, 0.717) is 6.42 Å². The Hall–Kier alpha value is -1.22. The minimum Gasteiger partial charge on any atom is -0.399 e. The van der Waals surface area contributed by atoms with Gasteiger partial charge in [-0.15, -0.1) is 12.4 Å². The van der Waals surface area contributed by atoms with Crippen LogP contribution >= 0.6 is 12.4 Å². The van der Waals surface area contributed by atoms with Crippen molar-refractivity contribution in [2.24, 2.45) is 5.92 Å². The van der Waals surface area contributed by atoms with Crippen molar-refractivity contribution in [3.63, 3.8) is 0 Å². The molecule has 1 amide bonds. The average molecular weight is 283 g/mol. The second-order valence-electron chi connectivity index (χ2n) is 5.26. The van der Waals surface area contributed by atoms with Gasteiger partial charge in [0.25, 0.3) is 0 Å². The molecular formula is C15H23ClN2O. The minimum absolute atomic E-state index is 0. The molecule has 1 aromatic rings. The summed E-state index contributed by atoms with van der Waals surface area (Å²) in [6.07, 6.45) is 3.60. The van der Waals surface area contributed by atoms with E-state index in [4.69, 9.17) is 5.73 Å². The number of hydrogen-bond acceptors (Lipinski definition) is 2. The van der Waals surface area contributed by atoms with Gasteiger partial charge in [-0.2, -0.15) is 0 Å². The number of carbonyl (C=O) groups excluding carboxylic acids is 1. The molecule has 1 aromatic carbocycles. The summed E-state index contributed by atoms with van der Waals surface area (Å²) < 4.78 is 0. The molecule has 0 saturated carbocycles. The summed E-state index contributed by atoms with van der Waals surface area (Å²) in [5.41, 5.74) is 7.75. The SMILES string of the molecule is CC1CCN(C(=O)CCc2ccccc2N)CC1.Cl. The van der Waals surface area contributed by atoms with Gasteiger partial charge >= 0.3 is 0 Å². The van der Waals surface area contributed by atoms with Crippen molar-refractivity contribution in [2.75, 3.05) is 18.8 Å². The number of halogens is 1. The van der Waals surface area contributed by atoms with E-state index in [-0.39, 0.29) is 18.3 Å². The van der Waals surface area contributed by atoms with Gasteiger partial charge in [-0.25, -0.2) is 0 Å². The van der Waals surface area contributed by atoms with Crippen LogP contribution in [0.4, 0.5) is 5.69 Å². The van der Waals surface area contributed by atoms with Crippen LogP contribution in [-0.2, 0) is 11.2 Å². The van der Waals surface area contributed by atoms with E-state index in [0.717, 1.165) is 49.5 Å². The zero-order valence-corrected chi connectivity index (χ0v) is 12.3. The number of nitrogens with zero attached hydrogens (tertiary/aromatic N) is 1. The van der Waals surface area contributed by atoms with Gasteiger partial charge in [0.2, 0.25) is 5.91 Å². The Balaban J connectivity index is 0.00000180. The molecule has 1 heterocycles. The smallest absolute Gasteiger partial charge is 0.222 e. The highest BCUT2D eigenvalue weighted by Gasteiger charge is 2.19. The number of aryl methyl sites for hydroxylation is 1. The van der Waals surface area contributed by atoms with Gasteiger partial charge in [0.1, 0.15) is 0 Å². The summed E-state index contributed by atoms with van der Waals surface area (Å²) in [6.45, 7) is 4.10. The van der Waals surface area contributed by atoms with Gasteiger partial charge in [0.15, 0.2) is 0 Å². The van der Waals surface area contributed by atoms with Crippen molar-refractivity contribution in [1.29, 1.82) is 0 Å². The zero-order valence-electron chi connectivity index (χ0n) is 11.5. The maximum Gasteiger partial charge on any atom is 0.222 e. The lowest BCUT2D eigenvalue weighted by atomic mass is 9.98. The monoisotopic (exact) mass is 282 g/mol. The molecular weight excluding hydrogens is 260 g/mol. The number of nitrogens with two attached hydrogens (primary N) is 1. The van der Waals surface area contributed by atoms with Crippen LogP contribution in [0.15, 0.2) is 24.3 Å². The molecule has 0 bridgehead atoms.